The first-order valence-electron chi connectivity index (χ1n) is 6.42. The van der Waals surface area contributed by atoms with Crippen molar-refractivity contribution in [2.24, 2.45) is 5.41 Å². The standard InChI is InChI=1S/C15H23N/c1-5-13-8-6-7-11(2)14(13)16-12(3)15(4)9-10-15/h6-8,12,16H,5,9-10H2,1-4H3. The molecule has 0 radical (unpaired) electrons. The molecule has 0 heterocycles. The molecule has 1 nitrogen and oxygen atoms in total. The van der Waals surface area contributed by atoms with Crippen LogP contribution in [0.5, 0.6) is 0 Å². The minimum absolute atomic E-state index is 0.535. The molecule has 1 aliphatic rings. The van der Waals surface area contributed by atoms with Gasteiger partial charge in [-0.2, -0.15) is 0 Å². The summed E-state index contributed by atoms with van der Waals surface area (Å²) in [6.07, 6.45) is 3.84. The van der Waals surface area contributed by atoms with Gasteiger partial charge in [0, 0.05) is 11.7 Å². The topological polar surface area (TPSA) is 12.0 Å². The number of nitrogens with one attached hydrogen (secondary N) is 1. The zero-order valence-electron chi connectivity index (χ0n) is 10.9. The summed E-state index contributed by atoms with van der Waals surface area (Å²) in [5, 5.41) is 3.73. The summed E-state index contributed by atoms with van der Waals surface area (Å²) in [5.41, 5.74) is 4.71. The Kier molecular flexibility index (Phi) is 2.96. The number of benzene rings is 1. The van der Waals surface area contributed by atoms with Crippen LogP contribution in [0.4, 0.5) is 5.69 Å². The highest BCUT2D eigenvalue weighted by Crippen LogP contribution is 2.49. The van der Waals surface area contributed by atoms with Crippen LogP contribution in [-0.2, 0) is 6.42 Å². The van der Waals surface area contributed by atoms with E-state index in [9.17, 15) is 0 Å². The molecule has 1 aliphatic carbocycles. The van der Waals surface area contributed by atoms with Crippen molar-refractivity contribution in [1.29, 1.82) is 0 Å². The molecule has 0 spiro atoms. The smallest absolute Gasteiger partial charge is 0.0404 e. The van der Waals surface area contributed by atoms with Crippen molar-refractivity contribution in [3.05, 3.63) is 29.3 Å². The Bertz CT molecular complexity index is 377. The van der Waals surface area contributed by atoms with Gasteiger partial charge in [-0.1, -0.05) is 32.0 Å². The third kappa shape index (κ3) is 2.09. The quantitative estimate of drug-likeness (QED) is 0.798. The molecule has 1 saturated carbocycles. The van der Waals surface area contributed by atoms with Gasteiger partial charge in [0.2, 0.25) is 0 Å². The molecule has 1 aromatic carbocycles. The van der Waals surface area contributed by atoms with Crippen LogP contribution < -0.4 is 5.32 Å². The highest BCUT2D eigenvalue weighted by molar-refractivity contribution is 5.58. The highest BCUT2D eigenvalue weighted by Gasteiger charge is 2.42. The molecule has 0 aromatic heterocycles. The molecule has 1 N–H and O–H groups in total. The molecule has 0 amide bonds. The fourth-order valence-electron chi connectivity index (χ4n) is 2.25. The van der Waals surface area contributed by atoms with Crippen LogP contribution in [0, 0.1) is 12.3 Å². The van der Waals surface area contributed by atoms with Crippen LogP contribution in [0.3, 0.4) is 0 Å². The molecule has 1 unspecified atom stereocenters. The molecule has 88 valence electrons. The van der Waals surface area contributed by atoms with Crippen LogP contribution >= 0.6 is 0 Å². The van der Waals surface area contributed by atoms with E-state index in [0.717, 1.165) is 6.42 Å². The maximum absolute atomic E-state index is 3.73. The number of rotatable bonds is 4. The van der Waals surface area contributed by atoms with Gasteiger partial charge in [0.15, 0.2) is 0 Å². The first-order chi connectivity index (χ1) is 7.57. The minimum Gasteiger partial charge on any atom is -0.382 e. The Morgan fingerprint density at radius 3 is 2.62 bits per heavy atom. The molecule has 1 aromatic rings. The van der Waals surface area contributed by atoms with Gasteiger partial charge in [-0.05, 0) is 49.7 Å². The van der Waals surface area contributed by atoms with E-state index in [0.29, 0.717) is 11.5 Å². The Hall–Kier alpha value is -0.980. The van der Waals surface area contributed by atoms with Gasteiger partial charge in [0.25, 0.3) is 0 Å². The lowest BCUT2D eigenvalue weighted by molar-refractivity contribution is 0.493. The molecule has 16 heavy (non-hydrogen) atoms. The predicted molar refractivity (Wildman–Crippen MR) is 71.0 cm³/mol. The third-order valence-corrected chi connectivity index (χ3v) is 4.18. The predicted octanol–water partition coefficient (Wildman–Crippen LogP) is 4.16. The Labute approximate surface area is 99.3 Å². The van der Waals surface area contributed by atoms with E-state index in [1.54, 1.807) is 0 Å². The summed E-state index contributed by atoms with van der Waals surface area (Å²) in [6.45, 7) is 9.13. The Morgan fingerprint density at radius 1 is 1.38 bits per heavy atom. The Balaban J connectivity index is 2.19. The van der Waals surface area contributed by atoms with Gasteiger partial charge in [0.1, 0.15) is 0 Å². The average molecular weight is 217 g/mol. The van der Waals surface area contributed by atoms with Gasteiger partial charge < -0.3 is 5.32 Å². The van der Waals surface area contributed by atoms with Crippen molar-refractivity contribution in [3.63, 3.8) is 0 Å². The van der Waals surface area contributed by atoms with Crippen molar-refractivity contribution in [2.75, 3.05) is 5.32 Å². The van der Waals surface area contributed by atoms with E-state index >= 15 is 0 Å². The molecule has 0 aliphatic heterocycles. The first-order valence-corrected chi connectivity index (χ1v) is 6.42. The summed E-state index contributed by atoms with van der Waals surface area (Å²) in [5.74, 6) is 0. The van der Waals surface area contributed by atoms with Crippen molar-refractivity contribution < 1.29 is 0 Å². The maximum atomic E-state index is 3.73. The lowest BCUT2D eigenvalue weighted by atomic mass is 9.98. The van der Waals surface area contributed by atoms with Gasteiger partial charge in [0.05, 0.1) is 0 Å². The number of aryl methyl sites for hydroxylation is 2. The van der Waals surface area contributed by atoms with E-state index in [1.165, 1.54) is 29.7 Å². The number of hydrogen-bond acceptors (Lipinski definition) is 1. The first kappa shape index (κ1) is 11.5. The average Bonchev–Trinajstić information content (AvgIpc) is 3.01. The number of hydrogen-bond donors (Lipinski definition) is 1. The highest BCUT2D eigenvalue weighted by atomic mass is 14.9. The zero-order valence-corrected chi connectivity index (χ0v) is 10.9. The summed E-state index contributed by atoms with van der Waals surface area (Å²) in [6, 6.07) is 7.17. The maximum Gasteiger partial charge on any atom is 0.0404 e. The summed E-state index contributed by atoms with van der Waals surface area (Å²) >= 11 is 0. The summed E-state index contributed by atoms with van der Waals surface area (Å²) in [4.78, 5) is 0. The molecule has 1 fully saturated rings. The van der Waals surface area contributed by atoms with Gasteiger partial charge in [-0.25, -0.2) is 0 Å². The van der Waals surface area contributed by atoms with Gasteiger partial charge >= 0.3 is 0 Å². The molecule has 1 heteroatoms. The van der Waals surface area contributed by atoms with Gasteiger partial charge in [-0.3, -0.25) is 0 Å². The van der Waals surface area contributed by atoms with Crippen molar-refractivity contribution in [1.82, 2.24) is 0 Å². The van der Waals surface area contributed by atoms with Crippen LogP contribution in [-0.4, -0.2) is 6.04 Å². The van der Waals surface area contributed by atoms with Crippen LogP contribution in [0.25, 0.3) is 0 Å². The Morgan fingerprint density at radius 2 is 2.06 bits per heavy atom. The van der Waals surface area contributed by atoms with Crippen LogP contribution in [0.1, 0.15) is 44.7 Å². The molecule has 0 saturated heterocycles. The number of para-hydroxylation sites is 1. The van der Waals surface area contributed by atoms with E-state index in [1.807, 2.05) is 0 Å². The van der Waals surface area contributed by atoms with E-state index in [2.05, 4.69) is 51.2 Å². The second-order valence-electron chi connectivity index (χ2n) is 5.48. The van der Waals surface area contributed by atoms with E-state index < -0.39 is 0 Å². The fraction of sp³-hybridized carbons (Fsp3) is 0.600. The molecular weight excluding hydrogens is 194 g/mol. The number of anilines is 1. The van der Waals surface area contributed by atoms with Crippen LogP contribution in [0.2, 0.25) is 0 Å². The van der Waals surface area contributed by atoms with Crippen molar-refractivity contribution >= 4 is 5.69 Å². The normalized spacial score (nSPS) is 19.2. The van der Waals surface area contributed by atoms with Crippen molar-refractivity contribution in [3.8, 4) is 0 Å². The second kappa shape index (κ2) is 4.12. The lowest BCUT2D eigenvalue weighted by Crippen LogP contribution is -2.25. The van der Waals surface area contributed by atoms with E-state index in [-0.39, 0.29) is 0 Å². The monoisotopic (exact) mass is 217 g/mol. The molecule has 0 bridgehead atoms. The van der Waals surface area contributed by atoms with Crippen LogP contribution in [0.15, 0.2) is 18.2 Å². The molecule has 1 atom stereocenters. The van der Waals surface area contributed by atoms with Crippen molar-refractivity contribution in [2.45, 2.75) is 53.0 Å². The SMILES string of the molecule is CCc1cccc(C)c1NC(C)C1(C)CC1. The summed E-state index contributed by atoms with van der Waals surface area (Å²) < 4.78 is 0. The van der Waals surface area contributed by atoms with Gasteiger partial charge in [-0.15, -0.1) is 0 Å². The molecular formula is C15H23N. The zero-order chi connectivity index (χ0) is 11.8. The fourth-order valence-corrected chi connectivity index (χ4v) is 2.25. The van der Waals surface area contributed by atoms with E-state index in [4.69, 9.17) is 0 Å². The molecule has 2 rings (SSSR count). The largest absolute Gasteiger partial charge is 0.382 e. The lowest BCUT2D eigenvalue weighted by Gasteiger charge is -2.24. The summed E-state index contributed by atoms with van der Waals surface area (Å²) in [7, 11) is 0. The minimum atomic E-state index is 0.535. The second-order valence-corrected chi connectivity index (χ2v) is 5.48. The third-order valence-electron chi connectivity index (χ3n) is 4.18.